The summed E-state index contributed by atoms with van der Waals surface area (Å²) in [6.07, 6.45) is 1.48. The van der Waals surface area contributed by atoms with Gasteiger partial charge >= 0.3 is 0 Å². The van der Waals surface area contributed by atoms with Crippen molar-refractivity contribution >= 4 is 33.3 Å². The normalized spacial score (nSPS) is 10.4. The third kappa shape index (κ3) is 1.73. The zero-order valence-electron chi connectivity index (χ0n) is 6.98. The molecule has 2 N–H and O–H groups in total. The number of anilines is 1. The lowest BCUT2D eigenvalue weighted by Crippen LogP contribution is -1.99. The highest BCUT2D eigenvalue weighted by molar-refractivity contribution is 9.10. The van der Waals surface area contributed by atoms with Crippen LogP contribution in [0.3, 0.4) is 0 Å². The van der Waals surface area contributed by atoms with Crippen LogP contribution in [0.1, 0.15) is 0 Å². The van der Waals surface area contributed by atoms with Crippen LogP contribution in [0.15, 0.2) is 28.9 Å². The van der Waals surface area contributed by atoms with Crippen molar-refractivity contribution in [2.45, 2.75) is 0 Å². The maximum Gasteiger partial charge on any atom is 0.166 e. The van der Waals surface area contributed by atoms with Crippen molar-refractivity contribution in [3.63, 3.8) is 0 Å². The predicted molar refractivity (Wildman–Crippen MR) is 58.5 cm³/mol. The molecule has 14 heavy (non-hydrogen) atoms. The van der Waals surface area contributed by atoms with Gasteiger partial charge in [0.2, 0.25) is 0 Å². The summed E-state index contributed by atoms with van der Waals surface area (Å²) in [5.74, 6) is 0.379. The first-order valence-electron chi connectivity index (χ1n) is 3.80. The van der Waals surface area contributed by atoms with Crippen LogP contribution in [-0.2, 0) is 0 Å². The van der Waals surface area contributed by atoms with Crippen LogP contribution in [0.4, 0.5) is 5.82 Å². The van der Waals surface area contributed by atoms with Gasteiger partial charge < -0.3 is 5.73 Å². The Labute approximate surface area is 93.8 Å². The maximum absolute atomic E-state index is 5.92. The summed E-state index contributed by atoms with van der Waals surface area (Å²) in [5, 5.41) is 8.53. The lowest BCUT2D eigenvalue weighted by atomic mass is 10.3. The SMILES string of the molecule is Nc1cnn(-c2ccc(Br)c(Cl)c2)n1. The van der Waals surface area contributed by atoms with Crippen molar-refractivity contribution in [2.75, 3.05) is 5.73 Å². The summed E-state index contributed by atoms with van der Waals surface area (Å²) >= 11 is 9.22. The van der Waals surface area contributed by atoms with Crippen LogP contribution in [-0.4, -0.2) is 15.0 Å². The predicted octanol–water partition coefficient (Wildman–Crippen LogP) is 2.27. The van der Waals surface area contributed by atoms with Crippen LogP contribution in [0.5, 0.6) is 0 Å². The Hall–Kier alpha value is -1.07. The second-order valence-electron chi connectivity index (χ2n) is 2.66. The van der Waals surface area contributed by atoms with Gasteiger partial charge in [-0.25, -0.2) is 0 Å². The summed E-state index contributed by atoms with van der Waals surface area (Å²) in [6, 6.07) is 5.43. The van der Waals surface area contributed by atoms with E-state index in [1.807, 2.05) is 12.1 Å². The Morgan fingerprint density at radius 1 is 1.43 bits per heavy atom. The number of benzene rings is 1. The average molecular weight is 274 g/mol. The molecule has 4 nitrogen and oxygen atoms in total. The Bertz CT molecular complexity index is 468. The fourth-order valence-electron chi connectivity index (χ4n) is 1.01. The molecule has 0 atom stereocenters. The molecule has 1 heterocycles. The highest BCUT2D eigenvalue weighted by atomic mass is 79.9. The molecule has 0 aliphatic heterocycles. The average Bonchev–Trinajstić information content (AvgIpc) is 2.57. The molecule has 0 radical (unpaired) electrons. The first-order chi connectivity index (χ1) is 6.66. The van der Waals surface area contributed by atoms with Crippen molar-refractivity contribution in [3.05, 3.63) is 33.9 Å². The van der Waals surface area contributed by atoms with Crippen LogP contribution in [0.25, 0.3) is 5.69 Å². The Kier molecular flexibility index (Phi) is 2.43. The van der Waals surface area contributed by atoms with Gasteiger partial charge in [-0.2, -0.15) is 5.10 Å². The number of nitrogens with zero attached hydrogens (tertiary/aromatic N) is 3. The maximum atomic E-state index is 5.92. The third-order valence-corrected chi connectivity index (χ3v) is 2.88. The molecule has 0 aliphatic rings. The summed E-state index contributed by atoms with van der Waals surface area (Å²) in [4.78, 5) is 1.42. The van der Waals surface area contributed by atoms with Crippen molar-refractivity contribution in [3.8, 4) is 5.69 Å². The van der Waals surface area contributed by atoms with E-state index in [0.717, 1.165) is 10.2 Å². The smallest absolute Gasteiger partial charge is 0.166 e. The van der Waals surface area contributed by atoms with Gasteiger partial charge in [0, 0.05) is 4.47 Å². The minimum atomic E-state index is 0.379. The van der Waals surface area contributed by atoms with E-state index in [9.17, 15) is 0 Å². The monoisotopic (exact) mass is 272 g/mol. The second-order valence-corrected chi connectivity index (χ2v) is 3.92. The number of aromatic nitrogens is 3. The number of hydrogen-bond donors (Lipinski definition) is 1. The summed E-state index contributed by atoms with van der Waals surface area (Å²) in [7, 11) is 0. The molecule has 0 amide bonds. The molecule has 0 saturated heterocycles. The van der Waals surface area contributed by atoms with Crippen LogP contribution < -0.4 is 5.73 Å². The van der Waals surface area contributed by atoms with E-state index in [0.29, 0.717) is 10.8 Å². The fourth-order valence-corrected chi connectivity index (χ4v) is 1.43. The summed E-state index contributed by atoms with van der Waals surface area (Å²) in [5.41, 5.74) is 6.22. The van der Waals surface area contributed by atoms with E-state index >= 15 is 0 Å². The van der Waals surface area contributed by atoms with E-state index < -0.39 is 0 Å². The molecule has 72 valence electrons. The Morgan fingerprint density at radius 3 is 2.79 bits per heavy atom. The largest absolute Gasteiger partial charge is 0.381 e. The standard InChI is InChI=1S/C8H6BrClN4/c9-6-2-1-5(3-7(6)10)14-12-4-8(11)13-14/h1-4H,(H2,11,13). The molecule has 2 aromatic rings. The molecule has 0 spiro atoms. The Balaban J connectivity index is 2.47. The number of nitrogen functional groups attached to an aromatic ring is 1. The molecule has 1 aromatic carbocycles. The highest BCUT2D eigenvalue weighted by Crippen LogP contribution is 2.24. The summed E-state index contributed by atoms with van der Waals surface area (Å²) in [6.45, 7) is 0. The zero-order chi connectivity index (χ0) is 10.1. The van der Waals surface area contributed by atoms with Crippen LogP contribution in [0.2, 0.25) is 5.02 Å². The van der Waals surface area contributed by atoms with Crippen molar-refractivity contribution in [1.82, 2.24) is 15.0 Å². The first kappa shape index (κ1) is 9.48. The van der Waals surface area contributed by atoms with Gasteiger partial charge in [0.05, 0.1) is 16.9 Å². The fraction of sp³-hybridized carbons (Fsp3) is 0. The van der Waals surface area contributed by atoms with Gasteiger partial charge in [-0.1, -0.05) is 11.6 Å². The number of rotatable bonds is 1. The van der Waals surface area contributed by atoms with Crippen LogP contribution in [0, 0.1) is 0 Å². The van der Waals surface area contributed by atoms with Crippen LogP contribution >= 0.6 is 27.5 Å². The van der Waals surface area contributed by atoms with Gasteiger partial charge in [0.15, 0.2) is 5.82 Å². The molecule has 2 rings (SSSR count). The van der Waals surface area contributed by atoms with E-state index in [4.69, 9.17) is 17.3 Å². The van der Waals surface area contributed by atoms with E-state index in [-0.39, 0.29) is 0 Å². The molecule has 1 aromatic heterocycles. The minimum Gasteiger partial charge on any atom is -0.381 e. The van der Waals surface area contributed by atoms with Gasteiger partial charge in [0.1, 0.15) is 0 Å². The lowest BCUT2D eigenvalue weighted by Gasteiger charge is -2.00. The molecule has 0 saturated carbocycles. The molecule has 0 aliphatic carbocycles. The number of nitrogens with two attached hydrogens (primary N) is 1. The lowest BCUT2D eigenvalue weighted by molar-refractivity contribution is 0.754. The minimum absolute atomic E-state index is 0.379. The molecule has 0 bridgehead atoms. The van der Waals surface area contributed by atoms with Gasteiger partial charge in [-0.15, -0.1) is 9.90 Å². The molecule has 6 heteroatoms. The summed E-state index contributed by atoms with van der Waals surface area (Å²) < 4.78 is 0.836. The first-order valence-corrected chi connectivity index (χ1v) is 4.97. The van der Waals surface area contributed by atoms with Gasteiger partial charge in [-0.3, -0.25) is 0 Å². The van der Waals surface area contributed by atoms with Crippen molar-refractivity contribution in [1.29, 1.82) is 0 Å². The van der Waals surface area contributed by atoms with E-state index in [1.165, 1.54) is 11.0 Å². The molecular weight excluding hydrogens is 267 g/mol. The van der Waals surface area contributed by atoms with E-state index in [2.05, 4.69) is 26.1 Å². The number of halogens is 2. The Morgan fingerprint density at radius 2 is 2.21 bits per heavy atom. The zero-order valence-corrected chi connectivity index (χ0v) is 9.33. The van der Waals surface area contributed by atoms with E-state index in [1.54, 1.807) is 6.07 Å². The number of hydrogen-bond acceptors (Lipinski definition) is 3. The highest BCUT2D eigenvalue weighted by Gasteiger charge is 2.03. The van der Waals surface area contributed by atoms with Gasteiger partial charge in [-0.05, 0) is 34.1 Å². The van der Waals surface area contributed by atoms with Crippen molar-refractivity contribution < 1.29 is 0 Å². The van der Waals surface area contributed by atoms with Gasteiger partial charge in [0.25, 0.3) is 0 Å². The topological polar surface area (TPSA) is 56.7 Å². The van der Waals surface area contributed by atoms with Crippen molar-refractivity contribution in [2.24, 2.45) is 0 Å². The third-order valence-electron chi connectivity index (χ3n) is 1.64. The quantitative estimate of drug-likeness (QED) is 0.867. The second kappa shape index (κ2) is 3.59. The molecule has 0 fully saturated rings. The molecule has 0 unspecified atom stereocenters. The molecular formula is C8H6BrClN4.